The van der Waals surface area contributed by atoms with E-state index in [1.54, 1.807) is 29.6 Å². The van der Waals surface area contributed by atoms with E-state index in [2.05, 4.69) is 10.3 Å². The number of benzene rings is 2. The molecule has 0 spiro atoms. The quantitative estimate of drug-likeness (QED) is 0.707. The number of ether oxygens (including phenoxy) is 2. The van der Waals surface area contributed by atoms with Crippen molar-refractivity contribution in [1.82, 2.24) is 9.55 Å². The Kier molecular flexibility index (Phi) is 4.59. The highest BCUT2D eigenvalue weighted by atomic mass is 16.7. The number of fused-ring (bicyclic) bond motifs is 1. The lowest BCUT2D eigenvalue weighted by atomic mass is 10.1. The van der Waals surface area contributed by atoms with Gasteiger partial charge in [0.15, 0.2) is 11.5 Å². The van der Waals surface area contributed by atoms with Crippen molar-refractivity contribution in [2.75, 3.05) is 23.6 Å². The number of rotatable bonds is 5. The van der Waals surface area contributed by atoms with Crippen LogP contribution in [0.25, 0.3) is 0 Å². The molecule has 1 atom stereocenters. The molecule has 1 saturated heterocycles. The second-order valence-electron chi connectivity index (χ2n) is 7.37. The Bertz CT molecular complexity index is 1100. The van der Waals surface area contributed by atoms with Crippen LogP contribution in [0.3, 0.4) is 0 Å². The molecule has 2 amide bonds. The molecule has 2 aromatic carbocycles. The van der Waals surface area contributed by atoms with Gasteiger partial charge in [-0.1, -0.05) is 12.1 Å². The van der Waals surface area contributed by atoms with Crippen molar-refractivity contribution in [3.05, 3.63) is 66.7 Å². The average molecular weight is 404 g/mol. The molecule has 0 bridgehead atoms. The smallest absolute Gasteiger partial charge is 0.231 e. The Morgan fingerprint density at radius 3 is 2.93 bits per heavy atom. The largest absolute Gasteiger partial charge is 0.454 e. The summed E-state index contributed by atoms with van der Waals surface area (Å²) >= 11 is 0. The fourth-order valence-electron chi connectivity index (χ4n) is 3.77. The van der Waals surface area contributed by atoms with Crippen LogP contribution in [-0.4, -0.2) is 34.7 Å². The van der Waals surface area contributed by atoms with Gasteiger partial charge in [0.2, 0.25) is 18.6 Å². The summed E-state index contributed by atoms with van der Waals surface area (Å²) in [4.78, 5) is 31.0. The molecular formula is C22H20N4O4. The van der Waals surface area contributed by atoms with Gasteiger partial charge < -0.3 is 24.3 Å². The lowest BCUT2D eigenvalue weighted by Crippen LogP contribution is -2.28. The van der Waals surface area contributed by atoms with Gasteiger partial charge in [-0.25, -0.2) is 4.98 Å². The van der Waals surface area contributed by atoms with Crippen LogP contribution in [0, 0.1) is 5.92 Å². The third kappa shape index (κ3) is 3.59. The van der Waals surface area contributed by atoms with E-state index in [4.69, 9.17) is 9.47 Å². The van der Waals surface area contributed by atoms with Gasteiger partial charge in [0, 0.05) is 49.3 Å². The van der Waals surface area contributed by atoms with E-state index in [0.717, 1.165) is 5.56 Å². The Morgan fingerprint density at radius 2 is 2.07 bits per heavy atom. The molecule has 0 saturated carbocycles. The average Bonchev–Trinajstić information content (AvgIpc) is 3.48. The number of amides is 2. The second-order valence-corrected chi connectivity index (χ2v) is 7.37. The number of aromatic nitrogens is 2. The highest BCUT2D eigenvalue weighted by Crippen LogP contribution is 2.37. The summed E-state index contributed by atoms with van der Waals surface area (Å²) in [6, 6.07) is 13.1. The maximum Gasteiger partial charge on any atom is 0.231 e. The molecule has 2 aliphatic heterocycles. The molecule has 30 heavy (non-hydrogen) atoms. The molecule has 152 valence electrons. The van der Waals surface area contributed by atoms with Gasteiger partial charge in [-0.05, 0) is 29.8 Å². The first kappa shape index (κ1) is 18.2. The number of hydrogen-bond donors (Lipinski definition) is 1. The van der Waals surface area contributed by atoms with Gasteiger partial charge in [0.25, 0.3) is 0 Å². The number of anilines is 2. The van der Waals surface area contributed by atoms with Crippen LogP contribution in [-0.2, 0) is 16.1 Å². The third-order valence-electron chi connectivity index (χ3n) is 5.28. The van der Waals surface area contributed by atoms with Crippen LogP contribution >= 0.6 is 0 Å². The van der Waals surface area contributed by atoms with Crippen molar-refractivity contribution in [3.8, 4) is 11.5 Å². The minimum Gasteiger partial charge on any atom is -0.454 e. The predicted molar refractivity (Wildman–Crippen MR) is 109 cm³/mol. The molecule has 1 N–H and O–H groups in total. The SMILES string of the molecule is O=C(Nc1cccc(Cn2ccnc2)c1)C1CC(=O)N(c2ccc3c(c2)OCO3)C1. The summed E-state index contributed by atoms with van der Waals surface area (Å²) in [5, 5.41) is 2.95. The van der Waals surface area contributed by atoms with Crippen LogP contribution < -0.4 is 19.7 Å². The van der Waals surface area contributed by atoms with E-state index in [0.29, 0.717) is 36.0 Å². The molecule has 3 aromatic rings. The van der Waals surface area contributed by atoms with Gasteiger partial charge in [-0.15, -0.1) is 0 Å². The monoisotopic (exact) mass is 404 g/mol. The Hall–Kier alpha value is -3.81. The topological polar surface area (TPSA) is 85.7 Å². The van der Waals surface area contributed by atoms with E-state index in [1.807, 2.05) is 41.1 Å². The number of nitrogens with zero attached hydrogens (tertiary/aromatic N) is 3. The first-order valence-corrected chi connectivity index (χ1v) is 9.71. The van der Waals surface area contributed by atoms with Crippen molar-refractivity contribution in [3.63, 3.8) is 0 Å². The molecule has 8 heteroatoms. The summed E-state index contributed by atoms with van der Waals surface area (Å²) in [7, 11) is 0. The number of hydrogen-bond acceptors (Lipinski definition) is 5. The molecule has 0 aliphatic carbocycles. The summed E-state index contributed by atoms with van der Waals surface area (Å²) in [5.74, 6) is 0.618. The standard InChI is InChI=1S/C22H20N4O4/c27-21-9-16(12-26(21)18-4-5-19-20(10-18)30-14-29-19)22(28)24-17-3-1-2-15(8-17)11-25-7-6-23-13-25/h1-8,10,13,16H,9,11-12,14H2,(H,24,28). The molecule has 3 heterocycles. The van der Waals surface area contributed by atoms with Crippen LogP contribution in [0.2, 0.25) is 0 Å². The summed E-state index contributed by atoms with van der Waals surface area (Å²) < 4.78 is 12.7. The van der Waals surface area contributed by atoms with Crippen LogP contribution in [0.5, 0.6) is 11.5 Å². The fraction of sp³-hybridized carbons (Fsp3) is 0.227. The molecule has 1 fully saturated rings. The number of nitrogens with one attached hydrogen (secondary N) is 1. The van der Waals surface area contributed by atoms with Crippen LogP contribution in [0.15, 0.2) is 61.2 Å². The predicted octanol–water partition coefficient (Wildman–Crippen LogP) is 2.65. The van der Waals surface area contributed by atoms with Crippen LogP contribution in [0.4, 0.5) is 11.4 Å². The molecular weight excluding hydrogens is 384 g/mol. The normalized spacial score (nSPS) is 17.4. The first-order valence-electron chi connectivity index (χ1n) is 9.71. The van der Waals surface area contributed by atoms with Gasteiger partial charge >= 0.3 is 0 Å². The van der Waals surface area contributed by atoms with E-state index < -0.39 is 5.92 Å². The molecule has 5 rings (SSSR count). The Balaban J connectivity index is 1.25. The number of carbonyl (C=O) groups is 2. The third-order valence-corrected chi connectivity index (χ3v) is 5.28. The van der Waals surface area contributed by atoms with Crippen molar-refractivity contribution in [2.45, 2.75) is 13.0 Å². The molecule has 2 aliphatic rings. The Labute approximate surface area is 173 Å². The first-order chi connectivity index (χ1) is 14.7. The van der Waals surface area contributed by atoms with Gasteiger partial charge in [-0.2, -0.15) is 0 Å². The molecule has 0 radical (unpaired) electrons. The Morgan fingerprint density at radius 1 is 1.17 bits per heavy atom. The highest BCUT2D eigenvalue weighted by Gasteiger charge is 2.35. The van der Waals surface area contributed by atoms with Crippen molar-refractivity contribution < 1.29 is 19.1 Å². The van der Waals surface area contributed by atoms with E-state index >= 15 is 0 Å². The van der Waals surface area contributed by atoms with E-state index in [9.17, 15) is 9.59 Å². The van der Waals surface area contributed by atoms with Gasteiger partial charge in [0.05, 0.1) is 12.2 Å². The minimum atomic E-state index is -0.416. The summed E-state index contributed by atoms with van der Waals surface area (Å²) in [5.41, 5.74) is 2.48. The summed E-state index contributed by atoms with van der Waals surface area (Å²) in [6.45, 7) is 1.18. The minimum absolute atomic E-state index is 0.0807. The van der Waals surface area contributed by atoms with Crippen molar-refractivity contribution in [1.29, 1.82) is 0 Å². The lowest BCUT2D eigenvalue weighted by Gasteiger charge is -2.17. The molecule has 1 unspecified atom stereocenters. The number of carbonyl (C=O) groups excluding carboxylic acids is 2. The van der Waals surface area contributed by atoms with Crippen molar-refractivity contribution in [2.24, 2.45) is 5.92 Å². The van der Waals surface area contributed by atoms with E-state index in [1.165, 1.54) is 0 Å². The second kappa shape index (κ2) is 7.55. The maximum atomic E-state index is 12.8. The maximum absolute atomic E-state index is 12.8. The van der Waals surface area contributed by atoms with Gasteiger partial charge in [-0.3, -0.25) is 9.59 Å². The highest BCUT2D eigenvalue weighted by molar-refractivity contribution is 6.03. The zero-order valence-corrected chi connectivity index (χ0v) is 16.2. The molecule has 1 aromatic heterocycles. The zero-order valence-electron chi connectivity index (χ0n) is 16.2. The van der Waals surface area contributed by atoms with Crippen LogP contribution in [0.1, 0.15) is 12.0 Å². The zero-order chi connectivity index (χ0) is 20.5. The lowest BCUT2D eigenvalue weighted by molar-refractivity contribution is -0.122. The van der Waals surface area contributed by atoms with Crippen molar-refractivity contribution >= 4 is 23.2 Å². The number of imidazole rings is 1. The summed E-state index contributed by atoms with van der Waals surface area (Å²) in [6.07, 6.45) is 5.55. The van der Waals surface area contributed by atoms with E-state index in [-0.39, 0.29) is 25.0 Å². The van der Waals surface area contributed by atoms with Gasteiger partial charge in [0.1, 0.15) is 0 Å². The fourth-order valence-corrected chi connectivity index (χ4v) is 3.77. The molecule has 8 nitrogen and oxygen atoms in total.